The van der Waals surface area contributed by atoms with Gasteiger partial charge in [-0.15, -0.1) is 0 Å². The lowest BCUT2D eigenvalue weighted by Gasteiger charge is -2.38. The van der Waals surface area contributed by atoms with E-state index in [1.54, 1.807) is 23.5 Å². The molecule has 3 fully saturated rings. The summed E-state index contributed by atoms with van der Waals surface area (Å²) in [6.45, 7) is 2.17. The molecule has 2 saturated heterocycles. The van der Waals surface area contributed by atoms with Crippen molar-refractivity contribution in [2.24, 2.45) is 0 Å². The number of ether oxygens (including phenoxy) is 1. The Bertz CT molecular complexity index is 1580. The van der Waals surface area contributed by atoms with Crippen LogP contribution in [0.25, 0.3) is 21.5 Å². The van der Waals surface area contributed by atoms with E-state index < -0.39 is 17.6 Å². The average molecular weight is 552 g/mol. The molecule has 1 saturated carbocycles. The van der Waals surface area contributed by atoms with Crippen molar-refractivity contribution in [2.45, 2.75) is 76.2 Å². The molecule has 2 aromatic carbocycles. The third kappa shape index (κ3) is 4.39. The highest BCUT2D eigenvalue weighted by atomic mass is 32.1. The number of aryl methyl sites for hydroxylation is 1. The molecule has 7 nitrogen and oxygen atoms in total. The number of aromatic carboxylic acids is 1. The van der Waals surface area contributed by atoms with E-state index in [1.807, 2.05) is 6.92 Å². The summed E-state index contributed by atoms with van der Waals surface area (Å²) in [5.41, 5.74) is 3.38. The van der Waals surface area contributed by atoms with Gasteiger partial charge in [-0.2, -0.15) is 0 Å². The van der Waals surface area contributed by atoms with Crippen LogP contribution in [0, 0.1) is 18.6 Å². The van der Waals surface area contributed by atoms with Crippen LogP contribution in [0.2, 0.25) is 0 Å². The second-order valence-corrected chi connectivity index (χ2v) is 11.9. The van der Waals surface area contributed by atoms with Gasteiger partial charge in [-0.1, -0.05) is 16.5 Å². The van der Waals surface area contributed by atoms with Gasteiger partial charge < -0.3 is 19.3 Å². The fraction of sp³-hybridized carbons (Fsp3) is 0.414. The van der Waals surface area contributed by atoms with E-state index in [0.29, 0.717) is 5.69 Å². The van der Waals surface area contributed by atoms with Crippen molar-refractivity contribution in [3.8, 4) is 11.3 Å². The van der Waals surface area contributed by atoms with Crippen LogP contribution < -0.4 is 4.90 Å². The summed E-state index contributed by atoms with van der Waals surface area (Å²) in [5.74, 6) is -1.21. The van der Waals surface area contributed by atoms with Crippen LogP contribution in [0.3, 0.4) is 0 Å². The first-order chi connectivity index (χ1) is 18.9. The molecule has 0 spiro atoms. The Hall–Kier alpha value is -3.37. The van der Waals surface area contributed by atoms with Crippen molar-refractivity contribution < 1.29 is 27.9 Å². The minimum absolute atomic E-state index is 0.0290. The van der Waals surface area contributed by atoms with Crippen LogP contribution in [-0.4, -0.2) is 39.4 Å². The number of thiazole rings is 1. The minimum Gasteiger partial charge on any atom is -0.478 e. The van der Waals surface area contributed by atoms with Gasteiger partial charge in [-0.25, -0.2) is 18.6 Å². The molecule has 2 atom stereocenters. The second kappa shape index (κ2) is 9.38. The summed E-state index contributed by atoms with van der Waals surface area (Å²) in [6.07, 6.45) is 5.82. The van der Waals surface area contributed by atoms with Gasteiger partial charge >= 0.3 is 5.97 Å². The number of hydrogen-bond donors (Lipinski definition) is 1. The first kappa shape index (κ1) is 24.7. The van der Waals surface area contributed by atoms with E-state index in [2.05, 4.69) is 10.1 Å². The predicted octanol–water partition coefficient (Wildman–Crippen LogP) is 6.83. The number of benzene rings is 2. The number of hydrogen-bond acceptors (Lipinski definition) is 7. The molecule has 0 radical (unpaired) electrons. The van der Waals surface area contributed by atoms with Gasteiger partial charge in [0.2, 0.25) is 0 Å². The number of carboxylic acid groups (broad SMARTS) is 1. The molecule has 0 amide bonds. The Morgan fingerprint density at radius 2 is 1.92 bits per heavy atom. The van der Waals surface area contributed by atoms with Crippen molar-refractivity contribution in [3.05, 3.63) is 64.4 Å². The summed E-state index contributed by atoms with van der Waals surface area (Å²) in [6, 6.07) is 7.46. The van der Waals surface area contributed by atoms with Crippen LogP contribution in [-0.2, 0) is 11.3 Å². The smallest absolute Gasteiger partial charge is 0.335 e. The number of halogens is 2. The Morgan fingerprint density at radius 3 is 2.62 bits per heavy atom. The Balaban J connectivity index is 1.10. The highest BCUT2D eigenvalue weighted by Gasteiger charge is 2.43. The fourth-order valence-electron chi connectivity index (χ4n) is 6.22. The lowest BCUT2D eigenvalue weighted by Crippen LogP contribution is -2.45. The minimum atomic E-state index is -0.934. The van der Waals surface area contributed by atoms with E-state index in [9.17, 15) is 18.7 Å². The number of fused-ring (bicyclic) bond motifs is 3. The first-order valence-corrected chi connectivity index (χ1v) is 14.2. The summed E-state index contributed by atoms with van der Waals surface area (Å²) >= 11 is 1.55. The largest absolute Gasteiger partial charge is 0.478 e. The van der Waals surface area contributed by atoms with Gasteiger partial charge in [-0.05, 0) is 75.3 Å². The lowest BCUT2D eigenvalue weighted by molar-refractivity contribution is 0.0147. The van der Waals surface area contributed by atoms with Gasteiger partial charge in [0.05, 0.1) is 28.5 Å². The molecule has 2 bridgehead atoms. The molecule has 2 aromatic heterocycles. The third-order valence-electron chi connectivity index (χ3n) is 8.25. The molecule has 39 heavy (non-hydrogen) atoms. The maximum absolute atomic E-state index is 14.6. The summed E-state index contributed by atoms with van der Waals surface area (Å²) in [7, 11) is 0. The summed E-state index contributed by atoms with van der Waals surface area (Å²) in [4.78, 5) is 18.8. The highest BCUT2D eigenvalue weighted by Crippen LogP contribution is 2.46. The van der Waals surface area contributed by atoms with Crippen molar-refractivity contribution in [3.63, 3.8) is 0 Å². The second-order valence-electron chi connectivity index (χ2n) is 10.9. The maximum atomic E-state index is 14.6. The van der Waals surface area contributed by atoms with Crippen LogP contribution in [0.5, 0.6) is 0 Å². The predicted molar refractivity (Wildman–Crippen MR) is 142 cm³/mol. The molecule has 2 aliphatic heterocycles. The normalized spacial score (nSPS) is 22.6. The molecule has 7 rings (SSSR count). The van der Waals surface area contributed by atoms with E-state index in [-0.39, 0.29) is 41.8 Å². The van der Waals surface area contributed by atoms with Gasteiger partial charge in [-0.3, -0.25) is 0 Å². The van der Waals surface area contributed by atoms with Crippen molar-refractivity contribution in [1.29, 1.82) is 0 Å². The van der Waals surface area contributed by atoms with Crippen LogP contribution in [0.1, 0.15) is 71.7 Å². The molecule has 1 N–H and O–H groups in total. The Labute approximate surface area is 227 Å². The zero-order chi connectivity index (χ0) is 26.8. The monoisotopic (exact) mass is 551 g/mol. The number of nitrogens with zero attached hydrogens (tertiary/aromatic N) is 3. The SMILES string of the molecule is Cc1cc(C(=O)O)cc2sc(N3C4CCC3CC(OCc3c(-c5ccc(F)cc5F)noc3C3CC3)C4)nc12. The standard InChI is InChI=1S/C29H27F2N3O4S/c1-14-8-16(28(35)36)9-24-25(14)32-29(39-24)34-18-5-6-19(34)12-20(11-18)37-13-22-26(33-38-27(22)15-2-3-15)21-7-4-17(30)10-23(21)31/h4,7-10,15,18-20H,2-3,5-6,11-13H2,1H3,(H,35,36). The molecule has 1 aliphatic carbocycles. The summed E-state index contributed by atoms with van der Waals surface area (Å²) in [5, 5.41) is 14.5. The topological polar surface area (TPSA) is 88.7 Å². The highest BCUT2D eigenvalue weighted by molar-refractivity contribution is 7.22. The molecule has 202 valence electrons. The van der Waals surface area contributed by atoms with Crippen LogP contribution in [0.15, 0.2) is 34.9 Å². The van der Waals surface area contributed by atoms with Gasteiger partial charge in [0.15, 0.2) is 5.13 Å². The maximum Gasteiger partial charge on any atom is 0.335 e. The Kier molecular flexibility index (Phi) is 5.93. The Morgan fingerprint density at radius 1 is 1.15 bits per heavy atom. The quantitative estimate of drug-likeness (QED) is 0.269. The molecule has 2 unspecified atom stereocenters. The van der Waals surface area contributed by atoms with Crippen LogP contribution in [0.4, 0.5) is 13.9 Å². The van der Waals surface area contributed by atoms with Crippen molar-refractivity contribution in [1.82, 2.24) is 10.1 Å². The third-order valence-corrected chi connectivity index (χ3v) is 9.26. The van der Waals surface area contributed by atoms with Crippen molar-refractivity contribution >= 4 is 32.7 Å². The molecule has 3 aliphatic rings. The lowest BCUT2D eigenvalue weighted by atomic mass is 10.00. The van der Waals surface area contributed by atoms with Crippen molar-refractivity contribution in [2.75, 3.05) is 4.90 Å². The molecule has 4 aromatic rings. The van der Waals surface area contributed by atoms with E-state index in [1.165, 1.54) is 12.1 Å². The molecular formula is C29H27F2N3O4S. The number of carboxylic acids is 1. The zero-order valence-electron chi connectivity index (χ0n) is 21.3. The number of carbonyl (C=O) groups is 1. The fourth-order valence-corrected chi connectivity index (χ4v) is 7.44. The molecular weight excluding hydrogens is 524 g/mol. The van der Waals surface area contributed by atoms with Gasteiger partial charge in [0, 0.05) is 35.2 Å². The van der Waals surface area contributed by atoms with Gasteiger partial charge in [0.25, 0.3) is 0 Å². The van der Waals surface area contributed by atoms with E-state index in [0.717, 1.165) is 76.8 Å². The van der Waals surface area contributed by atoms with Crippen LogP contribution >= 0.6 is 11.3 Å². The first-order valence-electron chi connectivity index (χ1n) is 13.3. The molecule has 4 heterocycles. The average Bonchev–Trinajstić information content (AvgIpc) is 3.41. The number of piperidine rings is 1. The zero-order valence-corrected chi connectivity index (χ0v) is 22.1. The van der Waals surface area contributed by atoms with E-state index in [4.69, 9.17) is 14.2 Å². The summed E-state index contributed by atoms with van der Waals surface area (Å²) < 4.78 is 41.1. The van der Waals surface area contributed by atoms with Gasteiger partial charge in [0.1, 0.15) is 23.1 Å². The molecule has 10 heteroatoms. The number of anilines is 1. The number of rotatable bonds is 7. The van der Waals surface area contributed by atoms with E-state index >= 15 is 0 Å². The number of aromatic nitrogens is 2.